The SMILES string of the molecule is COC(=O)c1ccc(-c2c3c(OCc4ccccc4)cccc3n(-c3ccc(F)cc3)c2[C@H]2C[C@@H](O)C2)cc1. The molecule has 1 N–H and O–H groups in total. The maximum atomic E-state index is 13.9. The Labute approximate surface area is 226 Å². The fraction of sp³-hybridized carbons (Fsp3) is 0.182. The van der Waals surface area contributed by atoms with E-state index in [-0.39, 0.29) is 17.8 Å². The van der Waals surface area contributed by atoms with Gasteiger partial charge in [-0.15, -0.1) is 0 Å². The molecule has 39 heavy (non-hydrogen) atoms. The van der Waals surface area contributed by atoms with Gasteiger partial charge in [-0.3, -0.25) is 0 Å². The molecule has 1 aliphatic rings. The molecule has 1 fully saturated rings. The molecular weight excluding hydrogens is 493 g/mol. The molecule has 5 aromatic rings. The van der Waals surface area contributed by atoms with Gasteiger partial charge in [0.2, 0.25) is 0 Å². The summed E-state index contributed by atoms with van der Waals surface area (Å²) in [5, 5.41) is 11.2. The third kappa shape index (κ3) is 4.68. The molecule has 5 nitrogen and oxygen atoms in total. The summed E-state index contributed by atoms with van der Waals surface area (Å²) in [4.78, 5) is 12.1. The third-order valence-corrected chi connectivity index (χ3v) is 7.41. The van der Waals surface area contributed by atoms with E-state index in [1.807, 2.05) is 60.7 Å². The van der Waals surface area contributed by atoms with Crippen LogP contribution in [0, 0.1) is 5.82 Å². The molecule has 0 atom stereocenters. The van der Waals surface area contributed by atoms with Crippen molar-refractivity contribution in [1.29, 1.82) is 0 Å². The summed E-state index contributed by atoms with van der Waals surface area (Å²) in [6.45, 7) is 0.403. The van der Waals surface area contributed by atoms with Crippen LogP contribution in [0.4, 0.5) is 4.39 Å². The summed E-state index contributed by atoms with van der Waals surface area (Å²) in [6, 6.07) is 29.8. The molecule has 0 saturated heterocycles. The fourth-order valence-corrected chi connectivity index (χ4v) is 5.43. The molecule has 0 bridgehead atoms. The van der Waals surface area contributed by atoms with Gasteiger partial charge >= 0.3 is 5.97 Å². The van der Waals surface area contributed by atoms with Crippen LogP contribution in [0.5, 0.6) is 5.75 Å². The lowest BCUT2D eigenvalue weighted by atomic mass is 9.77. The van der Waals surface area contributed by atoms with E-state index in [9.17, 15) is 14.3 Å². The van der Waals surface area contributed by atoms with Crippen LogP contribution in [0.15, 0.2) is 97.1 Å². The molecule has 6 heteroatoms. The van der Waals surface area contributed by atoms with Gasteiger partial charge in [0.15, 0.2) is 0 Å². The minimum Gasteiger partial charge on any atom is -0.488 e. The molecule has 0 spiro atoms. The summed E-state index contributed by atoms with van der Waals surface area (Å²) >= 11 is 0. The van der Waals surface area contributed by atoms with Gasteiger partial charge in [-0.2, -0.15) is 0 Å². The summed E-state index contributed by atoms with van der Waals surface area (Å²) < 4.78 is 27.4. The predicted octanol–water partition coefficient (Wildman–Crippen LogP) is 7.04. The smallest absolute Gasteiger partial charge is 0.337 e. The number of rotatable bonds is 7. The number of esters is 1. The van der Waals surface area contributed by atoms with Gasteiger partial charge in [-0.25, -0.2) is 9.18 Å². The number of aromatic nitrogens is 1. The van der Waals surface area contributed by atoms with Crippen molar-refractivity contribution in [2.24, 2.45) is 0 Å². The van der Waals surface area contributed by atoms with Gasteiger partial charge in [0.05, 0.1) is 29.7 Å². The largest absolute Gasteiger partial charge is 0.488 e. The first-order chi connectivity index (χ1) is 19.0. The quantitative estimate of drug-likeness (QED) is 0.233. The lowest BCUT2D eigenvalue weighted by molar-refractivity contribution is 0.0600. The first-order valence-electron chi connectivity index (χ1n) is 13.0. The average Bonchev–Trinajstić information content (AvgIpc) is 3.30. The zero-order chi connectivity index (χ0) is 26.9. The van der Waals surface area contributed by atoms with Crippen molar-refractivity contribution in [3.05, 3.63) is 120 Å². The zero-order valence-electron chi connectivity index (χ0n) is 21.5. The van der Waals surface area contributed by atoms with Gasteiger partial charge in [0.1, 0.15) is 18.2 Å². The predicted molar refractivity (Wildman–Crippen MR) is 149 cm³/mol. The second-order valence-electron chi connectivity index (χ2n) is 9.89. The number of benzene rings is 4. The Morgan fingerprint density at radius 1 is 0.923 bits per heavy atom. The number of hydrogen-bond donors (Lipinski definition) is 1. The number of methoxy groups -OCH3 is 1. The number of aliphatic hydroxyl groups is 1. The summed E-state index contributed by atoms with van der Waals surface area (Å²) in [7, 11) is 1.36. The summed E-state index contributed by atoms with van der Waals surface area (Å²) in [6.07, 6.45) is 0.897. The number of ether oxygens (including phenoxy) is 2. The number of hydrogen-bond acceptors (Lipinski definition) is 4. The van der Waals surface area contributed by atoms with Crippen LogP contribution >= 0.6 is 0 Å². The molecule has 1 saturated carbocycles. The molecule has 1 aliphatic carbocycles. The zero-order valence-corrected chi connectivity index (χ0v) is 21.5. The highest BCUT2D eigenvalue weighted by Crippen LogP contribution is 2.49. The van der Waals surface area contributed by atoms with Crippen LogP contribution in [0.3, 0.4) is 0 Å². The van der Waals surface area contributed by atoms with Crippen molar-refractivity contribution in [2.75, 3.05) is 7.11 Å². The van der Waals surface area contributed by atoms with E-state index in [1.165, 1.54) is 19.2 Å². The fourth-order valence-electron chi connectivity index (χ4n) is 5.43. The molecule has 1 heterocycles. The number of carbonyl (C=O) groups is 1. The van der Waals surface area contributed by atoms with Gasteiger partial charge in [0.25, 0.3) is 0 Å². The van der Waals surface area contributed by atoms with Crippen molar-refractivity contribution < 1.29 is 23.8 Å². The van der Waals surface area contributed by atoms with Crippen molar-refractivity contribution in [3.8, 4) is 22.6 Å². The maximum absolute atomic E-state index is 13.9. The van der Waals surface area contributed by atoms with Crippen molar-refractivity contribution >= 4 is 16.9 Å². The third-order valence-electron chi connectivity index (χ3n) is 7.41. The second kappa shape index (κ2) is 10.4. The number of nitrogens with zero attached hydrogens (tertiary/aromatic N) is 1. The van der Waals surface area contributed by atoms with Crippen molar-refractivity contribution in [3.63, 3.8) is 0 Å². The second-order valence-corrected chi connectivity index (χ2v) is 9.89. The minimum atomic E-state index is -0.399. The van der Waals surface area contributed by atoms with Crippen molar-refractivity contribution in [2.45, 2.75) is 31.5 Å². The van der Waals surface area contributed by atoms with Crippen LogP contribution in [0.2, 0.25) is 0 Å². The van der Waals surface area contributed by atoms with E-state index >= 15 is 0 Å². The molecule has 0 unspecified atom stereocenters. The van der Waals surface area contributed by atoms with E-state index in [0.717, 1.165) is 44.7 Å². The van der Waals surface area contributed by atoms with Gasteiger partial charge in [-0.05, 0) is 72.5 Å². The van der Waals surface area contributed by atoms with E-state index < -0.39 is 5.97 Å². The maximum Gasteiger partial charge on any atom is 0.337 e. The Morgan fingerprint density at radius 3 is 2.31 bits per heavy atom. The average molecular weight is 522 g/mol. The lowest BCUT2D eigenvalue weighted by Crippen LogP contribution is -2.28. The highest BCUT2D eigenvalue weighted by molar-refractivity contribution is 6.04. The first-order valence-corrected chi connectivity index (χ1v) is 13.0. The molecule has 1 aromatic heterocycles. The Balaban J connectivity index is 1.59. The Bertz CT molecular complexity index is 1620. The van der Waals surface area contributed by atoms with Crippen LogP contribution in [0.1, 0.15) is 40.4 Å². The van der Waals surface area contributed by atoms with Crippen molar-refractivity contribution in [1.82, 2.24) is 4.57 Å². The van der Waals surface area contributed by atoms with Crippen LogP contribution in [-0.2, 0) is 11.3 Å². The Kier molecular flexibility index (Phi) is 6.63. The number of fused-ring (bicyclic) bond motifs is 1. The minimum absolute atomic E-state index is 0.0923. The number of halogens is 1. The lowest BCUT2D eigenvalue weighted by Gasteiger charge is -2.33. The highest BCUT2D eigenvalue weighted by atomic mass is 19.1. The standard InChI is InChI=1S/C33H28FNO4/c1-38-33(37)23-12-10-22(11-13-23)30-31-28(8-5-9-29(31)39-20-21-6-3-2-4-7-21)35(26-16-14-25(34)15-17-26)32(30)24-18-27(36)19-24/h2-17,24,27,36H,18-20H2,1H3/t24-,27+. The Hall–Kier alpha value is -4.42. The molecule has 196 valence electrons. The van der Waals surface area contributed by atoms with E-state index in [1.54, 1.807) is 24.3 Å². The van der Waals surface area contributed by atoms with Gasteiger partial charge < -0.3 is 19.1 Å². The summed E-state index contributed by atoms with van der Waals surface area (Å²) in [5.41, 5.74) is 6.20. The van der Waals surface area contributed by atoms with Gasteiger partial charge in [-0.1, -0.05) is 48.5 Å². The van der Waals surface area contributed by atoms with Gasteiger partial charge in [0, 0.05) is 22.9 Å². The van der Waals surface area contributed by atoms with E-state index in [0.29, 0.717) is 25.0 Å². The normalized spacial score (nSPS) is 16.6. The monoisotopic (exact) mass is 521 g/mol. The number of aliphatic hydroxyl groups excluding tert-OH is 1. The first kappa shape index (κ1) is 24.9. The molecule has 0 aliphatic heterocycles. The van der Waals surface area contributed by atoms with Crippen LogP contribution in [-0.4, -0.2) is 28.9 Å². The summed E-state index contributed by atoms with van der Waals surface area (Å²) in [5.74, 6) is 0.117. The molecular formula is C33H28FNO4. The van der Waals surface area contributed by atoms with Crippen LogP contribution in [0.25, 0.3) is 27.7 Å². The molecule has 4 aromatic carbocycles. The highest BCUT2D eigenvalue weighted by Gasteiger charge is 2.35. The van der Waals surface area contributed by atoms with E-state index in [4.69, 9.17) is 9.47 Å². The topological polar surface area (TPSA) is 60.7 Å². The molecule has 0 amide bonds. The molecule has 0 radical (unpaired) electrons. The molecule has 6 rings (SSSR count). The van der Waals surface area contributed by atoms with Crippen LogP contribution < -0.4 is 4.74 Å². The Morgan fingerprint density at radius 2 is 1.64 bits per heavy atom. The van der Waals surface area contributed by atoms with E-state index in [2.05, 4.69) is 4.57 Å². The number of carbonyl (C=O) groups excluding carboxylic acids is 1.